The number of amides is 1. The van der Waals surface area contributed by atoms with Crippen molar-refractivity contribution in [3.05, 3.63) is 94.4 Å². The van der Waals surface area contributed by atoms with Crippen LogP contribution in [0.2, 0.25) is 0 Å². The van der Waals surface area contributed by atoms with E-state index in [0.29, 0.717) is 5.92 Å². The third-order valence-electron chi connectivity index (χ3n) is 6.87. The number of thiophene rings is 1. The maximum absolute atomic E-state index is 13.7. The fraction of sp³-hybridized carbons (Fsp3) is 0.267. The maximum Gasteiger partial charge on any atom is 0.259 e. The highest BCUT2D eigenvalue weighted by molar-refractivity contribution is 7.16. The zero-order chi connectivity index (χ0) is 23.7. The van der Waals surface area contributed by atoms with Gasteiger partial charge in [0.2, 0.25) is 0 Å². The highest BCUT2D eigenvalue weighted by Crippen LogP contribution is 2.45. The van der Waals surface area contributed by atoms with Crippen LogP contribution in [0.5, 0.6) is 0 Å². The summed E-state index contributed by atoms with van der Waals surface area (Å²) in [6, 6.07) is 24.2. The van der Waals surface area contributed by atoms with Crippen molar-refractivity contribution in [2.75, 3.05) is 5.32 Å². The Bertz CT molecular complexity index is 1360. The Kier molecular flexibility index (Phi) is 6.09. The lowest BCUT2D eigenvalue weighted by molar-refractivity contribution is 0.102. The van der Waals surface area contributed by atoms with Gasteiger partial charge in [0.05, 0.1) is 5.56 Å². The Morgan fingerprint density at radius 1 is 1.00 bits per heavy atom. The first-order valence-electron chi connectivity index (χ1n) is 11.9. The van der Waals surface area contributed by atoms with E-state index in [1.54, 1.807) is 11.3 Å². The largest absolute Gasteiger partial charge is 0.321 e. The van der Waals surface area contributed by atoms with Gasteiger partial charge in [-0.3, -0.25) is 4.79 Å². The highest BCUT2D eigenvalue weighted by Gasteiger charge is 2.33. The summed E-state index contributed by atoms with van der Waals surface area (Å²) in [5.74, 6) is 0.543. The number of carbonyl (C=O) groups excluding carboxylic acids is 1. The smallest absolute Gasteiger partial charge is 0.259 e. The second-order valence-corrected chi connectivity index (χ2v) is 11.2. The molecule has 0 bridgehead atoms. The highest BCUT2D eigenvalue weighted by atomic mass is 32.1. The molecule has 0 fully saturated rings. The van der Waals surface area contributed by atoms with E-state index in [9.17, 15) is 4.79 Å². The molecule has 1 aliphatic rings. The van der Waals surface area contributed by atoms with Gasteiger partial charge < -0.3 is 5.32 Å². The van der Waals surface area contributed by atoms with Gasteiger partial charge in [0.15, 0.2) is 0 Å². The first kappa shape index (κ1) is 22.5. The number of benzene rings is 3. The normalized spacial score (nSPS) is 16.0. The monoisotopic (exact) mass is 466 g/mol. The number of rotatable bonds is 4. The Hall–Kier alpha value is -3.24. The molecule has 0 spiro atoms. The van der Waals surface area contributed by atoms with Crippen LogP contribution in [-0.2, 0) is 12.8 Å². The lowest BCUT2D eigenvalue weighted by Gasteiger charge is -2.33. The molecule has 4 aromatic rings. The minimum absolute atomic E-state index is 0.0664. The summed E-state index contributed by atoms with van der Waals surface area (Å²) in [5.41, 5.74) is 4.04. The SMILES string of the molecule is CC(C)(C)[C@@H]1CCc2c(sc(N=Cc3ccccc3)c2C(=O)Nc2cccc3ccccc23)C1. The number of carbonyl (C=O) groups is 1. The molecule has 0 saturated heterocycles. The molecule has 3 aromatic carbocycles. The van der Waals surface area contributed by atoms with Gasteiger partial charge in [-0.15, -0.1) is 11.3 Å². The average molecular weight is 467 g/mol. The van der Waals surface area contributed by atoms with Gasteiger partial charge in [-0.2, -0.15) is 0 Å². The number of hydrogen-bond acceptors (Lipinski definition) is 3. The number of nitrogens with one attached hydrogen (secondary N) is 1. The molecule has 172 valence electrons. The predicted molar refractivity (Wildman–Crippen MR) is 145 cm³/mol. The summed E-state index contributed by atoms with van der Waals surface area (Å²) in [5, 5.41) is 6.18. The number of hydrogen-bond donors (Lipinski definition) is 1. The van der Waals surface area contributed by atoms with Crippen molar-refractivity contribution in [2.45, 2.75) is 40.0 Å². The van der Waals surface area contributed by atoms with Crippen molar-refractivity contribution in [3.8, 4) is 0 Å². The summed E-state index contributed by atoms with van der Waals surface area (Å²) in [6.07, 6.45) is 4.91. The van der Waals surface area contributed by atoms with E-state index in [0.717, 1.165) is 51.9 Å². The number of nitrogens with zero attached hydrogens (tertiary/aromatic N) is 1. The zero-order valence-corrected chi connectivity index (χ0v) is 20.8. The fourth-order valence-corrected chi connectivity index (χ4v) is 6.10. The van der Waals surface area contributed by atoms with Gasteiger partial charge in [-0.1, -0.05) is 87.5 Å². The standard InChI is InChI=1S/C30H30N2OS/c1-30(2,3)22-16-17-24-26(18-22)34-29(31-19-20-10-5-4-6-11-20)27(24)28(33)32-25-15-9-13-21-12-7-8-14-23(21)25/h4-15,19,22H,16-18H2,1-3H3,(H,32,33)/t22-/m1/s1. The van der Waals surface area contributed by atoms with Gasteiger partial charge in [-0.05, 0) is 53.2 Å². The molecule has 1 amide bonds. The zero-order valence-electron chi connectivity index (χ0n) is 20.0. The Balaban J connectivity index is 1.53. The van der Waals surface area contributed by atoms with Gasteiger partial charge in [-0.25, -0.2) is 4.99 Å². The molecule has 1 aromatic heterocycles. The quantitative estimate of drug-likeness (QED) is 0.304. The lowest BCUT2D eigenvalue weighted by atomic mass is 9.72. The van der Waals surface area contributed by atoms with E-state index in [4.69, 9.17) is 4.99 Å². The molecule has 0 saturated carbocycles. The van der Waals surface area contributed by atoms with Crippen LogP contribution in [0.3, 0.4) is 0 Å². The van der Waals surface area contributed by atoms with Gasteiger partial charge >= 0.3 is 0 Å². The first-order valence-corrected chi connectivity index (χ1v) is 12.7. The average Bonchev–Trinajstić information content (AvgIpc) is 3.21. The van der Waals surface area contributed by atoms with Gasteiger partial charge in [0.1, 0.15) is 5.00 Å². The van der Waals surface area contributed by atoms with E-state index in [2.05, 4.69) is 44.3 Å². The van der Waals surface area contributed by atoms with Crippen LogP contribution in [0.1, 0.15) is 53.6 Å². The van der Waals surface area contributed by atoms with Crippen molar-refractivity contribution in [2.24, 2.45) is 16.3 Å². The van der Waals surface area contributed by atoms with Crippen LogP contribution in [0, 0.1) is 11.3 Å². The van der Waals surface area contributed by atoms with E-state index < -0.39 is 0 Å². The summed E-state index contributed by atoms with van der Waals surface area (Å²) >= 11 is 1.68. The van der Waals surface area contributed by atoms with E-state index in [1.807, 2.05) is 60.8 Å². The maximum atomic E-state index is 13.7. The van der Waals surface area contributed by atoms with Crippen LogP contribution < -0.4 is 5.32 Å². The summed E-state index contributed by atoms with van der Waals surface area (Å²) in [7, 11) is 0. The lowest BCUT2D eigenvalue weighted by Crippen LogP contribution is -2.27. The van der Waals surface area contributed by atoms with Crippen LogP contribution in [0.25, 0.3) is 10.8 Å². The minimum atomic E-state index is -0.0664. The van der Waals surface area contributed by atoms with Crippen LogP contribution in [0.15, 0.2) is 77.8 Å². The molecule has 0 unspecified atom stereocenters. The van der Waals surface area contributed by atoms with Crippen molar-refractivity contribution >= 4 is 44.9 Å². The Morgan fingerprint density at radius 2 is 1.74 bits per heavy atom. The van der Waals surface area contributed by atoms with Gasteiger partial charge in [0.25, 0.3) is 5.91 Å². The second kappa shape index (κ2) is 9.19. The van der Waals surface area contributed by atoms with E-state index >= 15 is 0 Å². The molecule has 1 aliphatic carbocycles. The van der Waals surface area contributed by atoms with Crippen LogP contribution >= 0.6 is 11.3 Å². The third kappa shape index (κ3) is 4.55. The van der Waals surface area contributed by atoms with Crippen molar-refractivity contribution < 1.29 is 4.79 Å². The van der Waals surface area contributed by atoms with Crippen molar-refractivity contribution in [3.63, 3.8) is 0 Å². The van der Waals surface area contributed by atoms with E-state index in [-0.39, 0.29) is 11.3 Å². The number of anilines is 1. The molecule has 1 heterocycles. The van der Waals surface area contributed by atoms with Crippen LogP contribution in [0.4, 0.5) is 10.7 Å². The Morgan fingerprint density at radius 3 is 2.53 bits per heavy atom. The minimum Gasteiger partial charge on any atom is -0.321 e. The molecule has 34 heavy (non-hydrogen) atoms. The summed E-state index contributed by atoms with van der Waals surface area (Å²) < 4.78 is 0. The first-order chi connectivity index (χ1) is 16.4. The third-order valence-corrected chi connectivity index (χ3v) is 8.03. The predicted octanol–water partition coefficient (Wildman–Crippen LogP) is 8.06. The summed E-state index contributed by atoms with van der Waals surface area (Å²) in [4.78, 5) is 19.9. The molecular weight excluding hydrogens is 436 g/mol. The number of aliphatic imine (C=N–C) groups is 1. The second-order valence-electron chi connectivity index (χ2n) is 10.1. The Labute approximate surface area is 205 Å². The topological polar surface area (TPSA) is 41.5 Å². The van der Waals surface area contributed by atoms with Crippen LogP contribution in [-0.4, -0.2) is 12.1 Å². The molecule has 4 heteroatoms. The van der Waals surface area contributed by atoms with Gasteiger partial charge in [0, 0.05) is 22.2 Å². The molecule has 3 nitrogen and oxygen atoms in total. The fourth-order valence-electron chi connectivity index (χ4n) is 4.83. The van der Waals surface area contributed by atoms with Crippen molar-refractivity contribution in [1.29, 1.82) is 0 Å². The molecule has 1 N–H and O–H groups in total. The molecule has 0 radical (unpaired) electrons. The van der Waals surface area contributed by atoms with Crippen molar-refractivity contribution in [1.82, 2.24) is 0 Å². The molecule has 1 atom stereocenters. The molecular formula is C30H30N2OS. The van der Waals surface area contributed by atoms with E-state index in [1.165, 1.54) is 10.4 Å². The molecule has 5 rings (SSSR count). The molecule has 0 aliphatic heterocycles. The number of fused-ring (bicyclic) bond motifs is 2. The summed E-state index contributed by atoms with van der Waals surface area (Å²) in [6.45, 7) is 6.95.